The molecule has 17 rings (SSSR count). The van der Waals surface area contributed by atoms with Crippen molar-refractivity contribution in [2.24, 2.45) is 0 Å². The number of benzene rings is 11. The lowest BCUT2D eigenvalue weighted by atomic mass is 9.61. The van der Waals surface area contributed by atoms with Crippen LogP contribution >= 0.6 is 0 Å². The second kappa shape index (κ2) is 21.2. The summed E-state index contributed by atoms with van der Waals surface area (Å²) in [6, 6.07) is 78.4. The molecule has 0 amide bonds. The molecule has 3 saturated carbocycles. The summed E-state index contributed by atoms with van der Waals surface area (Å²) in [6.45, 7) is 36.6. The van der Waals surface area contributed by atoms with E-state index in [1.54, 1.807) is 0 Å². The van der Waals surface area contributed by atoms with Gasteiger partial charge in [-0.25, -0.2) is 0 Å². The largest absolute Gasteiger partial charge is 0.334 e. The molecule has 3 nitrogen and oxygen atoms in total. The third-order valence-corrected chi connectivity index (χ3v) is 27.2. The summed E-state index contributed by atoms with van der Waals surface area (Å²) in [7, 11) is 0. The Balaban J connectivity index is 0.914. The van der Waals surface area contributed by atoms with Crippen molar-refractivity contribution in [3.8, 4) is 44.5 Å². The molecule has 0 radical (unpaired) electrons. The molecule has 3 aliphatic carbocycles. The quantitative estimate of drug-likeness (QED) is 0.147. The van der Waals surface area contributed by atoms with Crippen molar-refractivity contribution < 1.29 is 0 Å². The molecule has 0 spiro atoms. The minimum absolute atomic E-state index is 0.0407. The van der Waals surface area contributed by atoms with Gasteiger partial charge >= 0.3 is 0 Å². The Hall–Kier alpha value is -8.14. The van der Waals surface area contributed by atoms with Crippen LogP contribution in [-0.4, -0.2) is 16.6 Å². The maximum atomic E-state index is 2.77. The molecule has 3 aliphatic heterocycles. The zero-order valence-corrected chi connectivity index (χ0v) is 60.8. The minimum Gasteiger partial charge on any atom is -0.334 e. The number of hydrogen-bond donors (Lipinski definition) is 0. The van der Waals surface area contributed by atoms with Crippen LogP contribution < -0.4 is 14.7 Å². The topological polar surface area (TPSA) is 9.72 Å². The predicted octanol–water partition coefficient (Wildman–Crippen LogP) is 26.4. The summed E-state index contributed by atoms with van der Waals surface area (Å²) in [5.74, 6) is 0. The second-order valence-electron chi connectivity index (χ2n) is 35.4. The van der Waals surface area contributed by atoms with E-state index in [1.165, 1.54) is 202 Å². The van der Waals surface area contributed by atoms with Crippen molar-refractivity contribution in [1.29, 1.82) is 0 Å². The highest BCUT2D eigenvalue weighted by Crippen LogP contribution is 2.66. The molecule has 0 aromatic heterocycles. The lowest BCUT2D eigenvalue weighted by molar-refractivity contribution is 0.195. The van der Waals surface area contributed by atoms with Gasteiger partial charge in [0, 0.05) is 50.4 Å². The van der Waals surface area contributed by atoms with Gasteiger partial charge in [0.25, 0.3) is 0 Å². The summed E-state index contributed by atoms with van der Waals surface area (Å²) < 4.78 is 0. The zero-order chi connectivity index (χ0) is 67.4. The molecule has 0 saturated heterocycles. The monoisotopic (exact) mass is 1270 g/mol. The van der Waals surface area contributed by atoms with Gasteiger partial charge in [-0.2, -0.15) is 0 Å². The maximum absolute atomic E-state index is 2.77. The second-order valence-corrected chi connectivity index (χ2v) is 35.4. The average molecular weight is 1270 g/mol. The van der Waals surface area contributed by atoms with Gasteiger partial charge in [0.2, 0.25) is 0 Å². The van der Waals surface area contributed by atoms with E-state index in [4.69, 9.17) is 0 Å². The highest BCUT2D eigenvalue weighted by molar-refractivity contribution is 6.32. The minimum atomic E-state index is -0.0786. The molecule has 0 N–H and O–H groups in total. The van der Waals surface area contributed by atoms with Crippen LogP contribution in [0, 0.1) is 0 Å². The Morgan fingerprint density at radius 3 is 0.814 bits per heavy atom. The highest BCUT2D eigenvalue weighted by Gasteiger charge is 2.60. The Bertz CT molecular complexity index is 4810. The van der Waals surface area contributed by atoms with E-state index < -0.39 is 0 Å². The number of rotatable bonds is 7. The predicted molar refractivity (Wildman–Crippen MR) is 416 cm³/mol. The van der Waals surface area contributed by atoms with Gasteiger partial charge in [0.1, 0.15) is 0 Å². The lowest BCUT2D eigenvalue weighted by Crippen LogP contribution is -2.54. The molecule has 492 valence electrons. The van der Waals surface area contributed by atoms with E-state index in [1.807, 2.05) is 0 Å². The van der Waals surface area contributed by atoms with Gasteiger partial charge in [0.15, 0.2) is 0 Å². The molecule has 97 heavy (non-hydrogen) atoms. The molecule has 3 heteroatoms. The van der Waals surface area contributed by atoms with Crippen molar-refractivity contribution in [3.63, 3.8) is 0 Å². The highest BCUT2D eigenvalue weighted by atomic mass is 15.3. The molecular weight excluding hydrogens is 1170 g/mol. The first kappa shape index (κ1) is 62.4. The fourth-order valence-corrected chi connectivity index (χ4v) is 20.8. The molecule has 0 bridgehead atoms. The van der Waals surface area contributed by atoms with Gasteiger partial charge < -0.3 is 14.7 Å². The Morgan fingerprint density at radius 2 is 0.536 bits per heavy atom. The fraction of sp³-hybridized carbons (Fsp3) is 0.383. The van der Waals surface area contributed by atoms with Gasteiger partial charge in [-0.1, -0.05) is 231 Å². The van der Waals surface area contributed by atoms with E-state index >= 15 is 0 Å². The standard InChI is InChI=1S/C94H101N3/c1-86(2,3)64-30-36-67(37-31-64)95-81-46-27-61(55-78(81)89(10)49-19-22-52-92(89,95)13)75-58-74(60-25-17-16-18-26-60)70-42-43-72-76(62-28-47-82-79(56-62)90(11)50-20-23-53-93(90,14)96(82)68-38-32-65(33-39-68)87(4,5)6)59-77(73-45-44-71(75)84(70)85(72)73)63-29-48-83-80(57-63)91(12)51-21-24-54-94(91,15)97(83)69-40-34-66(35-41-69)88(7,8)9/h16-18,25-48,55-59H,19-24,49-54H2,1-15H3/t89?,90?,91?,92?,93-,94?/m1/s1. The van der Waals surface area contributed by atoms with Crippen LogP contribution in [0.4, 0.5) is 34.1 Å². The van der Waals surface area contributed by atoms with Gasteiger partial charge in [-0.05, 0) is 271 Å². The van der Waals surface area contributed by atoms with Crippen LogP contribution in [0.5, 0.6) is 0 Å². The third-order valence-electron chi connectivity index (χ3n) is 27.2. The summed E-state index contributed by atoms with van der Waals surface area (Å²) in [5, 5.41) is 8.00. The van der Waals surface area contributed by atoms with E-state index in [9.17, 15) is 0 Å². The van der Waals surface area contributed by atoms with Crippen LogP contribution in [0.15, 0.2) is 194 Å². The van der Waals surface area contributed by atoms with Crippen molar-refractivity contribution in [2.45, 2.75) is 230 Å². The molecule has 11 aromatic carbocycles. The Kier molecular flexibility index (Phi) is 13.6. The number of hydrogen-bond acceptors (Lipinski definition) is 3. The first-order chi connectivity index (χ1) is 46.2. The van der Waals surface area contributed by atoms with Gasteiger partial charge in [-0.15, -0.1) is 0 Å². The molecule has 3 heterocycles. The molecule has 6 aliphatic rings. The molecule has 5 unspecified atom stereocenters. The van der Waals surface area contributed by atoms with Crippen LogP contribution in [-0.2, 0) is 32.5 Å². The third kappa shape index (κ3) is 8.83. The maximum Gasteiger partial charge on any atom is 0.0517 e. The average Bonchev–Trinajstić information content (AvgIpc) is 1.67. The normalized spacial score (nSPS) is 25.4. The SMILES string of the molecule is CC(C)(C)c1ccc(N2c3ccc(-c4cc(-c5ccccc5)c5ccc6c(-c7ccc8c(c7)C7(C)CCCC[C@@]7(C)N8c7ccc(C(C)(C)C)cc7)cc(-c7ccc8c(c7)C7(C)CCCCC7(C)N8c7ccc(C(C)(C)C)cc7)c7ccc4c5c76)cc3C3(C)CCCCC23C)cc1. The van der Waals surface area contributed by atoms with Gasteiger partial charge in [-0.3, -0.25) is 0 Å². The number of fused-ring (bicyclic) bond motifs is 9. The Morgan fingerprint density at radius 1 is 0.268 bits per heavy atom. The molecule has 6 atom stereocenters. The van der Waals surface area contributed by atoms with Crippen molar-refractivity contribution >= 4 is 66.4 Å². The van der Waals surface area contributed by atoms with Crippen molar-refractivity contribution in [1.82, 2.24) is 0 Å². The zero-order valence-electron chi connectivity index (χ0n) is 60.8. The van der Waals surface area contributed by atoms with Crippen LogP contribution in [0.3, 0.4) is 0 Å². The smallest absolute Gasteiger partial charge is 0.0517 e. The summed E-state index contributed by atoms with van der Waals surface area (Å²) >= 11 is 0. The van der Waals surface area contributed by atoms with E-state index in [2.05, 4.69) is 313 Å². The first-order valence-corrected chi connectivity index (χ1v) is 37.2. The first-order valence-electron chi connectivity index (χ1n) is 37.2. The van der Waals surface area contributed by atoms with E-state index in [0.717, 1.165) is 19.3 Å². The number of nitrogens with zero attached hydrogens (tertiary/aromatic N) is 3. The van der Waals surface area contributed by atoms with Crippen LogP contribution in [0.25, 0.3) is 76.8 Å². The van der Waals surface area contributed by atoms with Crippen molar-refractivity contribution in [2.75, 3.05) is 14.7 Å². The lowest BCUT2D eigenvalue weighted by Gasteiger charge is -2.50. The Labute approximate surface area is 579 Å². The van der Waals surface area contributed by atoms with Crippen LogP contribution in [0.2, 0.25) is 0 Å². The molecule has 3 fully saturated rings. The summed E-state index contributed by atoms with van der Waals surface area (Å²) in [4.78, 5) is 8.29. The van der Waals surface area contributed by atoms with E-state index in [-0.39, 0.29) is 49.1 Å². The summed E-state index contributed by atoms with van der Waals surface area (Å²) in [5.41, 5.74) is 26.9. The summed E-state index contributed by atoms with van der Waals surface area (Å²) in [6.07, 6.45) is 14.4. The molecular formula is C94H101N3. The van der Waals surface area contributed by atoms with Crippen LogP contribution in [0.1, 0.15) is 214 Å². The number of anilines is 6. The van der Waals surface area contributed by atoms with E-state index in [0.29, 0.717) is 0 Å². The van der Waals surface area contributed by atoms with Gasteiger partial charge in [0.05, 0.1) is 16.6 Å². The fourth-order valence-electron chi connectivity index (χ4n) is 20.8. The molecule has 11 aromatic rings. The van der Waals surface area contributed by atoms with Crippen molar-refractivity contribution in [3.05, 3.63) is 228 Å².